The molecule has 0 amide bonds. The maximum Gasteiger partial charge on any atom is 0.310 e. The van der Waals surface area contributed by atoms with Crippen molar-refractivity contribution in [2.24, 2.45) is 44.8 Å². The van der Waals surface area contributed by atoms with Gasteiger partial charge in [-0.3, -0.25) is 14.9 Å². The molecule has 244 valence electrons. The average Bonchev–Trinajstić information content (AvgIpc) is 3.37. The third-order valence-electron chi connectivity index (χ3n) is 15.4. The molecule has 0 aliphatic heterocycles. The van der Waals surface area contributed by atoms with E-state index >= 15 is 0 Å². The summed E-state index contributed by atoms with van der Waals surface area (Å²) in [7, 11) is 0. The summed E-state index contributed by atoms with van der Waals surface area (Å²) in [5, 5.41) is 21.4. The van der Waals surface area contributed by atoms with Crippen LogP contribution in [0.5, 0.6) is 0 Å². The lowest BCUT2D eigenvalue weighted by Crippen LogP contribution is -2.65. The molecule has 46 heavy (non-hydrogen) atoms. The monoisotopic (exact) mass is 620 g/mol. The fourth-order valence-corrected chi connectivity index (χ4v) is 12.8. The number of carboxylic acids is 1. The van der Waals surface area contributed by atoms with Crippen LogP contribution in [0.4, 0.5) is 5.82 Å². The van der Waals surface area contributed by atoms with E-state index in [4.69, 9.17) is 10.8 Å². The Morgan fingerprint density at radius 1 is 0.978 bits per heavy atom. The second-order valence-corrected chi connectivity index (χ2v) is 18.1. The van der Waals surface area contributed by atoms with Crippen LogP contribution in [0.25, 0.3) is 16.3 Å². The zero-order valence-corrected chi connectivity index (χ0v) is 28.9. The molecule has 0 spiro atoms. The number of aromatic nitrogens is 3. The molecule has 5 aliphatic rings. The number of carbonyl (C=O) groups is 1. The number of nitrogens with zero attached hydrogens (tertiary/aromatic N) is 2. The van der Waals surface area contributed by atoms with Gasteiger partial charge in [-0.1, -0.05) is 72.2 Å². The third kappa shape index (κ3) is 3.62. The van der Waals surface area contributed by atoms with Crippen molar-refractivity contribution in [1.82, 2.24) is 15.2 Å². The number of hydrogen-bond donors (Lipinski definition) is 3. The van der Waals surface area contributed by atoms with Crippen molar-refractivity contribution in [2.75, 3.05) is 5.73 Å². The highest BCUT2D eigenvalue weighted by Crippen LogP contribution is 2.77. The second-order valence-electron chi connectivity index (χ2n) is 18.1. The van der Waals surface area contributed by atoms with Crippen LogP contribution in [0.3, 0.4) is 0 Å². The van der Waals surface area contributed by atoms with E-state index in [0.717, 1.165) is 74.7 Å². The van der Waals surface area contributed by atoms with Crippen LogP contribution in [0, 0.1) is 44.8 Å². The summed E-state index contributed by atoms with van der Waals surface area (Å²) in [6.45, 7) is 17.3. The topological polar surface area (TPSA) is 105 Å². The molecule has 7 atom stereocenters. The van der Waals surface area contributed by atoms with Crippen LogP contribution in [0.2, 0.25) is 0 Å². The predicted molar refractivity (Wildman–Crippen MR) is 184 cm³/mol. The lowest BCUT2D eigenvalue weighted by molar-refractivity contribution is -0.175. The molecule has 3 aromatic rings. The number of rotatable bonds is 2. The van der Waals surface area contributed by atoms with E-state index in [1.807, 2.05) is 12.4 Å². The molecule has 0 bridgehead atoms. The second kappa shape index (κ2) is 9.26. The predicted octanol–water partition coefficient (Wildman–Crippen LogP) is 8.97. The highest BCUT2D eigenvalue weighted by atomic mass is 16.4. The summed E-state index contributed by atoms with van der Waals surface area (Å²) in [4.78, 5) is 18.0. The molecule has 6 heteroatoms. The quantitative estimate of drug-likeness (QED) is 0.265. The molecule has 8 rings (SSSR count). The minimum atomic E-state index is -0.695. The van der Waals surface area contributed by atoms with Crippen molar-refractivity contribution < 1.29 is 9.90 Å². The summed E-state index contributed by atoms with van der Waals surface area (Å²) in [6, 6.07) is 8.84. The molecule has 4 N–H and O–H groups in total. The largest absolute Gasteiger partial charge is 0.481 e. The number of aromatic amines is 1. The maximum absolute atomic E-state index is 13.5. The number of nitrogen functional groups attached to an aromatic ring is 1. The van der Waals surface area contributed by atoms with Gasteiger partial charge in [-0.15, -0.1) is 0 Å². The molecule has 7 unspecified atom stereocenters. The number of hydrogen-bond acceptors (Lipinski definition) is 4. The van der Waals surface area contributed by atoms with Crippen molar-refractivity contribution >= 4 is 28.1 Å². The van der Waals surface area contributed by atoms with Crippen molar-refractivity contribution in [3.8, 4) is 0 Å². The number of anilines is 1. The zero-order valence-electron chi connectivity index (χ0n) is 28.9. The number of pyridine rings is 1. The van der Waals surface area contributed by atoms with E-state index in [1.54, 1.807) is 0 Å². The van der Waals surface area contributed by atoms with Crippen molar-refractivity contribution in [1.29, 1.82) is 0 Å². The Morgan fingerprint density at radius 2 is 1.74 bits per heavy atom. The molecular weight excluding hydrogens is 568 g/mol. The lowest BCUT2D eigenvalue weighted by Gasteiger charge is -2.71. The number of fused-ring (bicyclic) bond motifs is 9. The molecule has 2 heterocycles. The first kappa shape index (κ1) is 30.2. The number of aliphatic carboxylic acids is 1. The average molecular weight is 621 g/mol. The van der Waals surface area contributed by atoms with Crippen LogP contribution in [0.1, 0.15) is 117 Å². The summed E-state index contributed by atoms with van der Waals surface area (Å²) in [5.74, 6) is 1.07. The Balaban J connectivity index is 1.42. The van der Waals surface area contributed by atoms with Gasteiger partial charge in [0.25, 0.3) is 0 Å². The zero-order chi connectivity index (χ0) is 32.7. The Hall–Kier alpha value is -3.15. The number of allylic oxidation sites excluding steroid dienone is 2. The number of nitrogens with two attached hydrogens (primary N) is 1. The number of H-pyrrole nitrogens is 1. The van der Waals surface area contributed by atoms with Crippen LogP contribution in [0.15, 0.2) is 42.2 Å². The fraction of sp³-hybridized carbons (Fsp3) is 0.625. The van der Waals surface area contributed by atoms with Crippen molar-refractivity contribution in [2.45, 2.75) is 112 Å². The summed E-state index contributed by atoms with van der Waals surface area (Å²) >= 11 is 0. The first-order valence-electron chi connectivity index (χ1n) is 17.7. The van der Waals surface area contributed by atoms with Gasteiger partial charge in [0.15, 0.2) is 0 Å². The molecule has 5 aliphatic carbocycles. The fourth-order valence-electron chi connectivity index (χ4n) is 12.8. The minimum Gasteiger partial charge on any atom is -0.481 e. The molecule has 0 saturated heterocycles. The van der Waals surface area contributed by atoms with E-state index in [9.17, 15) is 9.90 Å². The van der Waals surface area contributed by atoms with Gasteiger partial charge in [0.2, 0.25) is 0 Å². The van der Waals surface area contributed by atoms with Gasteiger partial charge in [0.1, 0.15) is 5.82 Å². The number of carboxylic acid groups (broad SMARTS) is 1. The Morgan fingerprint density at radius 3 is 2.50 bits per heavy atom. The van der Waals surface area contributed by atoms with Gasteiger partial charge in [-0.05, 0) is 120 Å². The van der Waals surface area contributed by atoms with Gasteiger partial charge in [-0.2, -0.15) is 5.10 Å². The molecule has 3 fully saturated rings. The maximum atomic E-state index is 13.5. The summed E-state index contributed by atoms with van der Waals surface area (Å²) in [5.41, 5.74) is 12.5. The first-order chi connectivity index (χ1) is 21.6. The van der Waals surface area contributed by atoms with E-state index in [1.165, 1.54) is 27.7 Å². The van der Waals surface area contributed by atoms with E-state index in [-0.39, 0.29) is 33.0 Å². The highest BCUT2D eigenvalue weighted by molar-refractivity contribution is 5.95. The molecule has 1 aromatic carbocycles. The third-order valence-corrected chi connectivity index (χ3v) is 15.4. The van der Waals surface area contributed by atoms with Gasteiger partial charge in [0, 0.05) is 28.8 Å². The van der Waals surface area contributed by atoms with Crippen LogP contribution < -0.4 is 5.73 Å². The number of benzene rings is 1. The highest BCUT2D eigenvalue weighted by Gasteiger charge is 2.70. The Labute approximate surface area is 274 Å². The Bertz CT molecular complexity index is 1810. The lowest BCUT2D eigenvalue weighted by atomic mass is 9.32. The molecular formula is C40H52N4O2. The van der Waals surface area contributed by atoms with E-state index < -0.39 is 11.4 Å². The van der Waals surface area contributed by atoms with Crippen molar-refractivity contribution in [3.05, 3.63) is 59.1 Å². The first-order valence-corrected chi connectivity index (χ1v) is 17.7. The molecule has 6 nitrogen and oxygen atoms in total. The van der Waals surface area contributed by atoms with Crippen LogP contribution >= 0.6 is 0 Å². The van der Waals surface area contributed by atoms with Gasteiger partial charge < -0.3 is 10.8 Å². The SMILES string of the molecule is CC1(C)CCC2(C(=O)O)CCC3(C)C(=C(c4cccc5cnccc45)CC4C5(C)Cc6c(n[nH]c6N)C(C)(C)C5CCC43C)C2C1. The van der Waals surface area contributed by atoms with Crippen molar-refractivity contribution in [3.63, 3.8) is 0 Å². The van der Waals surface area contributed by atoms with Gasteiger partial charge in [0.05, 0.1) is 11.1 Å². The molecule has 2 aromatic heterocycles. The van der Waals surface area contributed by atoms with E-state index in [2.05, 4.69) is 82.8 Å². The smallest absolute Gasteiger partial charge is 0.310 e. The standard InChI is InChI=1S/C40H52N4O2/c1-35(2)14-16-40(34(45)46)17-15-39(7)31(28(40)21-35)26(25-10-8-9-23-22-42-18-12-24(23)25)19-30-37(5)20-27-32(43-44-33(27)41)36(3,4)29(37)11-13-38(30,39)6/h8-10,12,18,22,28-30H,11,13-17,19-21H2,1-7H3,(H,45,46)(H3,41,43,44). The minimum absolute atomic E-state index is 0.0145. The normalized spacial score (nSPS) is 39.1. The molecule has 3 saturated carbocycles. The van der Waals surface area contributed by atoms with Crippen LogP contribution in [-0.4, -0.2) is 26.3 Å². The summed E-state index contributed by atoms with van der Waals surface area (Å²) < 4.78 is 0. The van der Waals surface area contributed by atoms with Gasteiger partial charge in [-0.25, -0.2) is 0 Å². The molecule has 0 radical (unpaired) electrons. The van der Waals surface area contributed by atoms with Crippen LogP contribution in [-0.2, 0) is 16.6 Å². The summed E-state index contributed by atoms with van der Waals surface area (Å²) in [6.07, 6.45) is 12.5. The van der Waals surface area contributed by atoms with E-state index in [0.29, 0.717) is 11.8 Å². The number of nitrogens with one attached hydrogen (secondary N) is 1. The Kier molecular flexibility index (Phi) is 6.08. The van der Waals surface area contributed by atoms with Gasteiger partial charge >= 0.3 is 5.97 Å².